The van der Waals surface area contributed by atoms with Gasteiger partial charge in [-0.15, -0.1) is 0 Å². The van der Waals surface area contributed by atoms with E-state index >= 15 is 0 Å². The highest BCUT2D eigenvalue weighted by molar-refractivity contribution is 6.05. The van der Waals surface area contributed by atoms with Crippen molar-refractivity contribution in [3.05, 3.63) is 82.3 Å². The monoisotopic (exact) mass is 374 g/mol. The Labute approximate surface area is 160 Å². The van der Waals surface area contributed by atoms with Gasteiger partial charge in [0.25, 0.3) is 5.91 Å². The molecule has 2 aromatic heterocycles. The predicted molar refractivity (Wildman–Crippen MR) is 107 cm³/mol. The summed E-state index contributed by atoms with van der Waals surface area (Å²) in [6, 6.07) is 16.4. The first-order chi connectivity index (χ1) is 13.6. The van der Waals surface area contributed by atoms with E-state index in [9.17, 15) is 9.59 Å². The summed E-state index contributed by atoms with van der Waals surface area (Å²) in [5.74, 6) is 0.116. The molecule has 0 fully saturated rings. The molecule has 140 valence electrons. The molecule has 28 heavy (non-hydrogen) atoms. The van der Waals surface area contributed by atoms with Crippen LogP contribution in [0.2, 0.25) is 0 Å². The Kier molecular flexibility index (Phi) is 4.41. The number of aromatic nitrogens is 3. The summed E-state index contributed by atoms with van der Waals surface area (Å²) in [6.07, 6.45) is 1.42. The van der Waals surface area contributed by atoms with Crippen LogP contribution < -0.4 is 15.5 Å². The normalized spacial score (nSPS) is 10.8. The van der Waals surface area contributed by atoms with Gasteiger partial charge in [0.1, 0.15) is 17.0 Å². The zero-order valence-electron chi connectivity index (χ0n) is 15.4. The van der Waals surface area contributed by atoms with Crippen LogP contribution in [-0.4, -0.2) is 27.8 Å². The molecular weight excluding hydrogens is 356 g/mol. The molecule has 2 aromatic carbocycles. The zero-order chi connectivity index (χ0) is 19.7. The Balaban J connectivity index is 1.75. The van der Waals surface area contributed by atoms with Crippen molar-refractivity contribution in [2.24, 2.45) is 0 Å². The number of nitrogens with zero attached hydrogens (tertiary/aromatic N) is 2. The molecule has 0 atom stereocenters. The van der Waals surface area contributed by atoms with E-state index in [0.29, 0.717) is 28.2 Å². The van der Waals surface area contributed by atoms with Crippen molar-refractivity contribution in [3.63, 3.8) is 0 Å². The van der Waals surface area contributed by atoms with Gasteiger partial charge in [0.05, 0.1) is 23.9 Å². The Morgan fingerprint density at radius 1 is 1.14 bits per heavy atom. The zero-order valence-corrected chi connectivity index (χ0v) is 15.4. The number of aryl methyl sites for hydroxylation is 1. The number of aromatic amines is 1. The maximum atomic E-state index is 13.0. The van der Waals surface area contributed by atoms with E-state index in [0.717, 1.165) is 5.69 Å². The minimum absolute atomic E-state index is 0.0195. The van der Waals surface area contributed by atoms with E-state index < -0.39 is 5.91 Å². The quantitative estimate of drug-likeness (QED) is 0.574. The number of carbonyl (C=O) groups is 1. The first kappa shape index (κ1) is 17.5. The highest BCUT2D eigenvalue weighted by atomic mass is 16.5. The molecule has 0 saturated heterocycles. The lowest BCUT2D eigenvalue weighted by Gasteiger charge is -2.07. The first-order valence-corrected chi connectivity index (χ1v) is 8.70. The molecule has 0 spiro atoms. The number of rotatable bonds is 4. The van der Waals surface area contributed by atoms with Crippen LogP contribution in [0.5, 0.6) is 5.75 Å². The van der Waals surface area contributed by atoms with Crippen LogP contribution in [0.4, 0.5) is 5.69 Å². The van der Waals surface area contributed by atoms with E-state index in [4.69, 9.17) is 4.74 Å². The molecule has 4 aromatic rings. The van der Waals surface area contributed by atoms with Gasteiger partial charge in [0, 0.05) is 18.0 Å². The molecule has 0 saturated carbocycles. The number of pyridine rings is 1. The van der Waals surface area contributed by atoms with Gasteiger partial charge < -0.3 is 15.0 Å². The maximum Gasteiger partial charge on any atom is 0.261 e. The van der Waals surface area contributed by atoms with Gasteiger partial charge in [0.2, 0.25) is 5.43 Å². The van der Waals surface area contributed by atoms with Crippen molar-refractivity contribution in [1.29, 1.82) is 0 Å². The number of para-hydroxylation sites is 1. The Bertz CT molecular complexity index is 1230. The third-order valence-corrected chi connectivity index (χ3v) is 4.46. The second-order valence-corrected chi connectivity index (χ2v) is 6.27. The molecule has 0 aliphatic rings. The van der Waals surface area contributed by atoms with Crippen LogP contribution in [0.15, 0.2) is 65.6 Å². The lowest BCUT2D eigenvalue weighted by atomic mass is 10.1. The molecule has 1 amide bonds. The Hall–Kier alpha value is -3.87. The number of anilines is 1. The van der Waals surface area contributed by atoms with Gasteiger partial charge in [-0.05, 0) is 31.2 Å². The van der Waals surface area contributed by atoms with E-state index in [2.05, 4.69) is 15.4 Å². The van der Waals surface area contributed by atoms with Gasteiger partial charge in [-0.1, -0.05) is 24.3 Å². The molecule has 2 N–H and O–H groups in total. The minimum Gasteiger partial charge on any atom is -0.497 e. The van der Waals surface area contributed by atoms with E-state index in [-0.39, 0.29) is 11.0 Å². The molecule has 0 aliphatic carbocycles. The lowest BCUT2D eigenvalue weighted by molar-refractivity contribution is 0.102. The van der Waals surface area contributed by atoms with Crippen molar-refractivity contribution in [2.45, 2.75) is 6.92 Å². The van der Waals surface area contributed by atoms with Gasteiger partial charge in [0.15, 0.2) is 0 Å². The Morgan fingerprint density at radius 3 is 2.68 bits per heavy atom. The van der Waals surface area contributed by atoms with Crippen LogP contribution in [0.25, 0.3) is 16.7 Å². The molecule has 0 unspecified atom stereocenters. The fraction of sp³-hybridized carbons (Fsp3) is 0.0952. The SMILES string of the molecule is COc1cccc(NC(=O)c2c[nH]c3c(c(C)nn3-c3ccccc3)c2=O)c1. The summed E-state index contributed by atoms with van der Waals surface area (Å²) < 4.78 is 6.82. The molecule has 0 aliphatic heterocycles. The average Bonchev–Trinajstić information content (AvgIpc) is 3.06. The standard InChI is InChI=1S/C21H18N4O3/c1-13-18-19(26)17(21(27)23-14-7-6-10-16(11-14)28-2)12-22-20(18)25(24-13)15-8-4-3-5-9-15/h3-12H,1-2H3,(H,22,26)(H,23,27). The van der Waals surface area contributed by atoms with Crippen LogP contribution >= 0.6 is 0 Å². The topological polar surface area (TPSA) is 89.0 Å². The number of benzene rings is 2. The van der Waals surface area contributed by atoms with E-state index in [1.807, 2.05) is 30.3 Å². The van der Waals surface area contributed by atoms with Crippen LogP contribution in [-0.2, 0) is 0 Å². The number of hydrogen-bond acceptors (Lipinski definition) is 4. The van der Waals surface area contributed by atoms with Gasteiger partial charge in [-0.3, -0.25) is 9.59 Å². The summed E-state index contributed by atoms with van der Waals surface area (Å²) in [7, 11) is 1.55. The van der Waals surface area contributed by atoms with Gasteiger partial charge in [-0.25, -0.2) is 4.68 Å². The number of H-pyrrole nitrogens is 1. The summed E-state index contributed by atoms with van der Waals surface area (Å²) in [4.78, 5) is 28.7. The third-order valence-electron chi connectivity index (χ3n) is 4.46. The number of nitrogens with one attached hydrogen (secondary N) is 2. The maximum absolute atomic E-state index is 13.0. The second kappa shape index (κ2) is 7.03. The molecule has 7 heteroatoms. The fourth-order valence-corrected chi connectivity index (χ4v) is 3.10. The van der Waals surface area contributed by atoms with Crippen LogP contribution in [0.3, 0.4) is 0 Å². The molecule has 7 nitrogen and oxygen atoms in total. The van der Waals surface area contributed by atoms with E-state index in [1.165, 1.54) is 6.20 Å². The smallest absolute Gasteiger partial charge is 0.261 e. The second-order valence-electron chi connectivity index (χ2n) is 6.27. The number of hydrogen-bond donors (Lipinski definition) is 2. The minimum atomic E-state index is -0.497. The van der Waals surface area contributed by atoms with Crippen molar-refractivity contribution < 1.29 is 9.53 Å². The number of methoxy groups -OCH3 is 1. The number of fused-ring (bicyclic) bond motifs is 1. The molecule has 0 radical (unpaired) electrons. The van der Waals surface area contributed by atoms with Crippen molar-refractivity contribution in [3.8, 4) is 11.4 Å². The third kappa shape index (κ3) is 3.03. The molecule has 4 rings (SSSR count). The van der Waals surface area contributed by atoms with Crippen LogP contribution in [0, 0.1) is 6.92 Å². The number of ether oxygens (including phenoxy) is 1. The molecule has 2 heterocycles. The fourth-order valence-electron chi connectivity index (χ4n) is 3.10. The van der Waals surface area contributed by atoms with Gasteiger partial charge >= 0.3 is 0 Å². The van der Waals surface area contributed by atoms with Crippen molar-refractivity contribution >= 4 is 22.6 Å². The molecule has 0 bridgehead atoms. The highest BCUT2D eigenvalue weighted by Gasteiger charge is 2.19. The van der Waals surface area contributed by atoms with Crippen molar-refractivity contribution in [1.82, 2.24) is 14.8 Å². The van der Waals surface area contributed by atoms with Crippen molar-refractivity contribution in [2.75, 3.05) is 12.4 Å². The average molecular weight is 374 g/mol. The van der Waals surface area contributed by atoms with Crippen LogP contribution in [0.1, 0.15) is 16.1 Å². The lowest BCUT2D eigenvalue weighted by Crippen LogP contribution is -2.22. The Morgan fingerprint density at radius 2 is 1.93 bits per heavy atom. The summed E-state index contributed by atoms with van der Waals surface area (Å²) in [5, 5.41) is 7.59. The highest BCUT2D eigenvalue weighted by Crippen LogP contribution is 2.19. The predicted octanol–water partition coefficient (Wildman–Crippen LogP) is 3.28. The summed E-state index contributed by atoms with van der Waals surface area (Å²) in [6.45, 7) is 1.75. The first-order valence-electron chi connectivity index (χ1n) is 8.70. The van der Waals surface area contributed by atoms with Gasteiger partial charge in [-0.2, -0.15) is 5.10 Å². The van der Waals surface area contributed by atoms with E-state index in [1.54, 1.807) is 43.0 Å². The summed E-state index contributed by atoms with van der Waals surface area (Å²) in [5.41, 5.74) is 2.12. The summed E-state index contributed by atoms with van der Waals surface area (Å²) >= 11 is 0. The largest absolute Gasteiger partial charge is 0.497 e. The molecular formula is C21H18N4O3. The number of amides is 1. The number of carbonyl (C=O) groups excluding carboxylic acids is 1.